The molecule has 0 amide bonds. The number of alkyl halides is 2. The summed E-state index contributed by atoms with van der Waals surface area (Å²) in [5.41, 5.74) is -0.0447. The number of aromatic nitrogens is 4. The van der Waals surface area contributed by atoms with Gasteiger partial charge in [-0.05, 0) is 46.8 Å². The van der Waals surface area contributed by atoms with E-state index < -0.39 is 55.3 Å². The molecule has 3 aromatic rings. The fourth-order valence-electron chi connectivity index (χ4n) is 4.81. The highest BCUT2D eigenvalue weighted by Crippen LogP contribution is 2.73. The van der Waals surface area contributed by atoms with E-state index in [1.54, 1.807) is 39.0 Å². The molecule has 1 aliphatic heterocycles. The number of para-hydroxylation sites is 1. The van der Waals surface area contributed by atoms with Crippen molar-refractivity contribution in [3.63, 3.8) is 0 Å². The van der Waals surface area contributed by atoms with Crippen molar-refractivity contribution in [1.82, 2.24) is 24.6 Å². The van der Waals surface area contributed by atoms with E-state index in [4.69, 9.17) is 29.0 Å². The lowest BCUT2D eigenvalue weighted by Crippen LogP contribution is -2.45. The Bertz CT molecular complexity index is 1540. The van der Waals surface area contributed by atoms with E-state index in [0.717, 1.165) is 17.8 Å². The predicted octanol–water partition coefficient (Wildman–Crippen LogP) is 2.98. The molecule has 3 heterocycles. The van der Waals surface area contributed by atoms with Crippen LogP contribution < -0.4 is 20.1 Å². The van der Waals surface area contributed by atoms with Crippen LogP contribution in [0.25, 0.3) is 11.2 Å². The number of nitrogens with one attached hydrogen (secondary N) is 1. The van der Waals surface area contributed by atoms with Crippen LogP contribution in [0.3, 0.4) is 0 Å². The summed E-state index contributed by atoms with van der Waals surface area (Å²) in [5.74, 6) is -4.17. The first-order valence-electron chi connectivity index (χ1n) is 13.1. The van der Waals surface area contributed by atoms with Crippen molar-refractivity contribution >= 4 is 30.8 Å². The van der Waals surface area contributed by atoms with E-state index in [9.17, 15) is 14.5 Å². The maximum absolute atomic E-state index is 16.5. The van der Waals surface area contributed by atoms with E-state index >= 15 is 8.78 Å². The fourth-order valence-corrected chi connectivity index (χ4v) is 6.51. The Kier molecular flexibility index (Phi) is 7.43. The highest BCUT2D eigenvalue weighted by Gasteiger charge is 2.96. The Balaban J connectivity index is 1.44. The van der Waals surface area contributed by atoms with Crippen molar-refractivity contribution in [3.05, 3.63) is 36.7 Å². The molecule has 2 aliphatic rings. The lowest BCUT2D eigenvalue weighted by Gasteiger charge is -2.31. The van der Waals surface area contributed by atoms with Crippen LogP contribution in [0.1, 0.15) is 40.8 Å². The van der Waals surface area contributed by atoms with Gasteiger partial charge in [-0.3, -0.25) is 13.9 Å². The minimum atomic E-state index is -4.69. The number of carbonyl (C=O) groups excluding carboxylic acids is 1. The van der Waals surface area contributed by atoms with Crippen molar-refractivity contribution in [2.24, 2.45) is 0 Å². The molecule has 5 rings (SSSR count). The third-order valence-corrected chi connectivity index (χ3v) is 8.50. The molecule has 17 heteroatoms. The Hall–Kier alpha value is -3.43. The summed E-state index contributed by atoms with van der Waals surface area (Å²) >= 11 is 0. The van der Waals surface area contributed by atoms with Gasteiger partial charge in [-0.25, -0.2) is 18.3 Å². The minimum absolute atomic E-state index is 0.0209. The van der Waals surface area contributed by atoms with E-state index in [1.165, 1.54) is 19.1 Å². The molecule has 0 radical (unpaired) electrons. The molecule has 2 fully saturated rings. The summed E-state index contributed by atoms with van der Waals surface area (Å²) < 4.78 is 74.6. The van der Waals surface area contributed by atoms with Crippen molar-refractivity contribution in [2.75, 3.05) is 12.3 Å². The molecule has 4 N–H and O–H groups in total. The number of nitrogens with two attached hydrogens (primary N) is 1. The van der Waals surface area contributed by atoms with Gasteiger partial charge in [-0.1, -0.05) is 18.2 Å². The summed E-state index contributed by atoms with van der Waals surface area (Å²) in [5, 5.41) is 13.7. The molecule has 2 aromatic heterocycles. The minimum Gasteiger partial charge on any atom is -0.476 e. The molecule has 0 bridgehead atoms. The number of anilines is 1. The first-order chi connectivity index (χ1) is 19.7. The summed E-state index contributed by atoms with van der Waals surface area (Å²) in [6.07, 6.45) is -3.33. The predicted molar refractivity (Wildman–Crippen MR) is 143 cm³/mol. The number of ether oxygens (including phenoxy) is 3. The molecule has 7 atom stereocenters. The van der Waals surface area contributed by atoms with Gasteiger partial charge in [-0.2, -0.15) is 15.1 Å². The third-order valence-electron chi connectivity index (χ3n) is 6.86. The van der Waals surface area contributed by atoms with Gasteiger partial charge < -0.3 is 29.6 Å². The van der Waals surface area contributed by atoms with Gasteiger partial charge in [0.05, 0.1) is 19.0 Å². The van der Waals surface area contributed by atoms with E-state index in [-0.39, 0.29) is 35.3 Å². The van der Waals surface area contributed by atoms with Gasteiger partial charge in [0.25, 0.3) is 5.85 Å². The van der Waals surface area contributed by atoms with Gasteiger partial charge in [0.1, 0.15) is 11.8 Å². The number of benzene rings is 1. The summed E-state index contributed by atoms with van der Waals surface area (Å²) in [7, 11) is -4.69. The first-order valence-corrected chi connectivity index (χ1v) is 14.6. The lowest BCUT2D eigenvalue weighted by atomic mass is 9.97. The number of nitrogen functional groups attached to an aromatic ring is 1. The van der Waals surface area contributed by atoms with Crippen LogP contribution >= 0.6 is 7.75 Å². The fraction of sp³-hybridized carbons (Fsp3) is 0.520. The molecule has 1 aromatic carbocycles. The van der Waals surface area contributed by atoms with E-state index in [0.29, 0.717) is 0 Å². The van der Waals surface area contributed by atoms with Crippen molar-refractivity contribution in [1.29, 1.82) is 0 Å². The molecule has 1 saturated carbocycles. The van der Waals surface area contributed by atoms with E-state index in [1.807, 2.05) is 0 Å². The van der Waals surface area contributed by atoms with Gasteiger partial charge in [0.2, 0.25) is 11.8 Å². The van der Waals surface area contributed by atoms with Crippen molar-refractivity contribution in [3.8, 4) is 11.6 Å². The third kappa shape index (κ3) is 4.76. The normalized spacial score (nSPS) is 30.5. The monoisotopic (exact) mass is 612 g/mol. The smallest absolute Gasteiger partial charge is 0.460 e. The van der Waals surface area contributed by atoms with Gasteiger partial charge in [-0.15, -0.1) is 0 Å². The molecular formula is C25H31F2N6O8P. The van der Waals surface area contributed by atoms with Crippen LogP contribution in [0.2, 0.25) is 0 Å². The maximum atomic E-state index is 16.5. The average Bonchev–Trinajstić information content (AvgIpc) is 3.15. The number of nitrogens with zero attached hydrogens (tertiary/aromatic N) is 4. The second kappa shape index (κ2) is 10.4. The van der Waals surface area contributed by atoms with Gasteiger partial charge in [0, 0.05) is 0 Å². The molecule has 1 aliphatic carbocycles. The first kappa shape index (κ1) is 30.0. The van der Waals surface area contributed by atoms with Crippen molar-refractivity contribution in [2.45, 2.75) is 76.2 Å². The number of carbonyl (C=O) groups is 1. The van der Waals surface area contributed by atoms with Crippen LogP contribution in [-0.4, -0.2) is 72.6 Å². The van der Waals surface area contributed by atoms with E-state index in [2.05, 4.69) is 20.0 Å². The highest BCUT2D eigenvalue weighted by atomic mass is 31.2. The Morgan fingerprint density at radius 1 is 1.26 bits per heavy atom. The van der Waals surface area contributed by atoms with Gasteiger partial charge in [0.15, 0.2) is 34.8 Å². The standard InChI is InChI=1S/C25H31F2N6O8P/c1-6-37-18-16-17(30-22(28)31-18)33(12-29-16)21-23(5,26)24(35)20(25(24,27)39-21)41-42(36,40-15-10-8-7-9-11-15)32-14(4)19(34)38-13(2)3/h7-14,20-21,35H,6H2,1-5H3,(H,32,36)(H2,28,30,31)/t14?,20?,21-,23+,24+,25-,42?/m1/s1. The van der Waals surface area contributed by atoms with Crippen LogP contribution in [0, 0.1) is 0 Å². The Morgan fingerprint density at radius 2 is 1.95 bits per heavy atom. The summed E-state index contributed by atoms with van der Waals surface area (Å²) in [4.78, 5) is 24.6. The largest absolute Gasteiger partial charge is 0.476 e. The number of hydrogen-bond acceptors (Lipinski definition) is 12. The molecule has 42 heavy (non-hydrogen) atoms. The molecule has 3 unspecified atom stereocenters. The Morgan fingerprint density at radius 3 is 2.55 bits per heavy atom. The zero-order valence-electron chi connectivity index (χ0n) is 23.4. The van der Waals surface area contributed by atoms with Crippen LogP contribution in [0.5, 0.6) is 11.6 Å². The highest BCUT2D eigenvalue weighted by molar-refractivity contribution is 7.52. The summed E-state index contributed by atoms with van der Waals surface area (Å²) in [6.45, 7) is 7.37. The zero-order valence-corrected chi connectivity index (χ0v) is 24.2. The number of fused-ring (bicyclic) bond motifs is 2. The summed E-state index contributed by atoms with van der Waals surface area (Å²) in [6, 6.07) is 6.41. The number of esters is 1. The Labute approximate surface area is 239 Å². The quantitative estimate of drug-likeness (QED) is 0.212. The van der Waals surface area contributed by atoms with Crippen LogP contribution in [0.4, 0.5) is 14.7 Å². The molecule has 14 nitrogen and oxygen atoms in total. The average molecular weight is 613 g/mol. The van der Waals surface area contributed by atoms with Crippen LogP contribution in [0.15, 0.2) is 36.7 Å². The molecule has 1 saturated heterocycles. The zero-order chi connectivity index (χ0) is 30.7. The second-order valence-corrected chi connectivity index (χ2v) is 12.0. The second-order valence-electron chi connectivity index (χ2n) is 10.3. The molecule has 228 valence electrons. The molecular weight excluding hydrogens is 581 g/mol. The van der Waals surface area contributed by atoms with Crippen molar-refractivity contribution < 1.29 is 46.5 Å². The lowest BCUT2D eigenvalue weighted by molar-refractivity contribution is -0.156. The number of imidazole rings is 1. The SMILES string of the molecule is CCOc1nc(N)nc2c1ncn2[C@@H]1O[C@]2(F)C(OP(=O)(NC(C)C(=O)OC(C)C)Oc3ccccc3)[C@]2(O)[C@@]1(C)F. The number of halogens is 2. The number of hydrogen-bond donors (Lipinski definition) is 3. The number of aliphatic hydroxyl groups is 1. The molecule has 0 spiro atoms. The number of rotatable bonds is 11. The maximum Gasteiger partial charge on any atom is 0.460 e. The topological polar surface area (TPSA) is 182 Å². The van der Waals surface area contributed by atoms with Crippen LogP contribution in [-0.2, 0) is 23.4 Å². The van der Waals surface area contributed by atoms with Gasteiger partial charge >= 0.3 is 13.7 Å².